The molecule has 0 rings (SSSR count). The van der Waals surface area contributed by atoms with Gasteiger partial charge in [-0.15, -0.1) is 0 Å². The molecular weight excluding hydrogens is 208 g/mol. The number of amides is 2. The predicted octanol–water partition coefficient (Wildman–Crippen LogP) is 0.0374. The fourth-order valence-electron chi connectivity index (χ4n) is 1.25. The van der Waals surface area contributed by atoms with Gasteiger partial charge in [0.1, 0.15) is 0 Å². The van der Waals surface area contributed by atoms with Crippen LogP contribution in [0.3, 0.4) is 0 Å². The maximum Gasteiger partial charge on any atom is 0.239 e. The second-order valence-corrected chi connectivity index (χ2v) is 4.68. The maximum absolute atomic E-state index is 11.3. The van der Waals surface area contributed by atoms with E-state index in [0.29, 0.717) is 6.54 Å². The summed E-state index contributed by atoms with van der Waals surface area (Å²) < 4.78 is 0. The number of rotatable bonds is 7. The highest BCUT2D eigenvalue weighted by Crippen LogP contribution is 2.20. The number of aliphatic hydroxyl groups is 1. The summed E-state index contributed by atoms with van der Waals surface area (Å²) >= 11 is 0. The van der Waals surface area contributed by atoms with Gasteiger partial charge in [0, 0.05) is 20.1 Å². The molecule has 2 amide bonds. The van der Waals surface area contributed by atoms with Crippen LogP contribution in [-0.4, -0.2) is 36.6 Å². The third kappa shape index (κ3) is 8.23. The minimum Gasteiger partial charge on any atom is -0.396 e. The average Bonchev–Trinajstić information content (AvgIpc) is 2.21. The molecule has 0 atom stereocenters. The summed E-state index contributed by atoms with van der Waals surface area (Å²) in [4.78, 5) is 21.9. The van der Waals surface area contributed by atoms with Gasteiger partial charge in [0.25, 0.3) is 0 Å². The third-order valence-electron chi connectivity index (χ3n) is 2.27. The zero-order valence-electron chi connectivity index (χ0n) is 10.3. The SMILES string of the molecule is CC(=O)NCC(=O)NCC(C)(C)CCCO. The summed E-state index contributed by atoms with van der Waals surface area (Å²) in [7, 11) is 0. The number of carbonyl (C=O) groups is 2. The predicted molar refractivity (Wildman–Crippen MR) is 61.8 cm³/mol. The van der Waals surface area contributed by atoms with Crippen molar-refractivity contribution in [2.45, 2.75) is 33.6 Å². The van der Waals surface area contributed by atoms with Gasteiger partial charge < -0.3 is 15.7 Å². The molecule has 0 aliphatic carbocycles. The molecular formula is C11H22N2O3. The number of nitrogens with one attached hydrogen (secondary N) is 2. The first-order valence-electron chi connectivity index (χ1n) is 5.49. The Kier molecular flexibility index (Phi) is 6.72. The van der Waals surface area contributed by atoms with E-state index in [-0.39, 0.29) is 30.4 Å². The Morgan fingerprint density at radius 3 is 2.38 bits per heavy atom. The van der Waals surface area contributed by atoms with Crippen LogP contribution in [-0.2, 0) is 9.59 Å². The van der Waals surface area contributed by atoms with Crippen molar-refractivity contribution < 1.29 is 14.7 Å². The molecule has 0 saturated heterocycles. The van der Waals surface area contributed by atoms with Crippen LogP contribution in [0.5, 0.6) is 0 Å². The first-order chi connectivity index (χ1) is 7.37. The van der Waals surface area contributed by atoms with Crippen LogP contribution in [0, 0.1) is 5.41 Å². The van der Waals surface area contributed by atoms with Crippen molar-refractivity contribution in [3.05, 3.63) is 0 Å². The van der Waals surface area contributed by atoms with Crippen LogP contribution in [0.25, 0.3) is 0 Å². The molecule has 0 heterocycles. The van der Waals surface area contributed by atoms with E-state index < -0.39 is 0 Å². The summed E-state index contributed by atoms with van der Waals surface area (Å²) in [5.41, 5.74) is -0.0331. The van der Waals surface area contributed by atoms with E-state index in [9.17, 15) is 9.59 Å². The van der Waals surface area contributed by atoms with Gasteiger partial charge in [-0.1, -0.05) is 13.8 Å². The summed E-state index contributed by atoms with van der Waals surface area (Å²) in [6, 6.07) is 0. The highest BCUT2D eigenvalue weighted by atomic mass is 16.3. The summed E-state index contributed by atoms with van der Waals surface area (Å²) in [5.74, 6) is -0.401. The monoisotopic (exact) mass is 230 g/mol. The van der Waals surface area contributed by atoms with Crippen LogP contribution >= 0.6 is 0 Å². The highest BCUT2D eigenvalue weighted by molar-refractivity contribution is 5.83. The fraction of sp³-hybridized carbons (Fsp3) is 0.818. The Labute approximate surface area is 96.6 Å². The van der Waals surface area contributed by atoms with Gasteiger partial charge in [-0.2, -0.15) is 0 Å². The molecule has 0 aromatic heterocycles. The molecule has 5 heteroatoms. The van der Waals surface area contributed by atoms with E-state index in [1.54, 1.807) is 0 Å². The van der Waals surface area contributed by atoms with Gasteiger partial charge in [-0.25, -0.2) is 0 Å². The molecule has 5 nitrogen and oxygen atoms in total. The zero-order valence-corrected chi connectivity index (χ0v) is 10.3. The second kappa shape index (κ2) is 7.22. The molecule has 0 aliphatic heterocycles. The molecule has 0 aromatic carbocycles. The lowest BCUT2D eigenvalue weighted by Crippen LogP contribution is -2.40. The van der Waals surface area contributed by atoms with Crippen LogP contribution in [0.15, 0.2) is 0 Å². The molecule has 0 aromatic rings. The number of aliphatic hydroxyl groups excluding tert-OH is 1. The molecule has 0 radical (unpaired) electrons. The van der Waals surface area contributed by atoms with Crippen molar-refractivity contribution in [1.82, 2.24) is 10.6 Å². The number of hydrogen-bond donors (Lipinski definition) is 3. The van der Waals surface area contributed by atoms with E-state index in [2.05, 4.69) is 10.6 Å². The van der Waals surface area contributed by atoms with E-state index in [0.717, 1.165) is 12.8 Å². The number of carbonyl (C=O) groups excluding carboxylic acids is 2. The molecule has 0 aliphatic rings. The summed E-state index contributed by atoms with van der Waals surface area (Å²) in [5, 5.41) is 13.9. The van der Waals surface area contributed by atoms with E-state index >= 15 is 0 Å². The third-order valence-corrected chi connectivity index (χ3v) is 2.27. The Balaban J connectivity index is 3.76. The molecule has 0 bridgehead atoms. The Hall–Kier alpha value is -1.10. The van der Waals surface area contributed by atoms with Gasteiger partial charge in [-0.3, -0.25) is 9.59 Å². The van der Waals surface area contributed by atoms with Gasteiger partial charge in [-0.05, 0) is 18.3 Å². The first-order valence-corrected chi connectivity index (χ1v) is 5.49. The molecule has 0 unspecified atom stereocenters. The smallest absolute Gasteiger partial charge is 0.239 e. The minimum absolute atomic E-state index is 0.0193. The summed E-state index contributed by atoms with van der Waals surface area (Å²) in [6.07, 6.45) is 1.58. The van der Waals surface area contributed by atoms with Crippen LogP contribution in [0.1, 0.15) is 33.6 Å². The summed E-state index contributed by atoms with van der Waals surface area (Å²) in [6.45, 7) is 6.17. The standard InChI is InChI=1S/C11H22N2O3/c1-9(15)12-7-10(16)13-8-11(2,3)5-4-6-14/h14H,4-8H2,1-3H3,(H,12,15)(H,13,16). The Bertz CT molecular complexity index is 239. The van der Waals surface area contributed by atoms with E-state index in [1.165, 1.54) is 6.92 Å². The normalized spacial score (nSPS) is 11.0. The van der Waals surface area contributed by atoms with Crippen molar-refractivity contribution in [3.63, 3.8) is 0 Å². The van der Waals surface area contributed by atoms with Crippen LogP contribution in [0.4, 0.5) is 0 Å². The van der Waals surface area contributed by atoms with E-state index in [1.807, 2.05) is 13.8 Å². The Morgan fingerprint density at radius 2 is 1.88 bits per heavy atom. The molecule has 94 valence electrons. The lowest BCUT2D eigenvalue weighted by Gasteiger charge is -2.24. The average molecular weight is 230 g/mol. The molecule has 3 N–H and O–H groups in total. The van der Waals surface area contributed by atoms with E-state index in [4.69, 9.17) is 5.11 Å². The molecule has 0 fully saturated rings. The largest absolute Gasteiger partial charge is 0.396 e. The minimum atomic E-state index is -0.213. The zero-order chi connectivity index (χ0) is 12.6. The Morgan fingerprint density at radius 1 is 1.25 bits per heavy atom. The van der Waals surface area contributed by atoms with Crippen molar-refractivity contribution >= 4 is 11.8 Å². The van der Waals surface area contributed by atoms with Crippen molar-refractivity contribution in [2.75, 3.05) is 19.7 Å². The van der Waals surface area contributed by atoms with Crippen LogP contribution < -0.4 is 10.6 Å². The quantitative estimate of drug-likeness (QED) is 0.577. The van der Waals surface area contributed by atoms with Crippen molar-refractivity contribution in [1.29, 1.82) is 0 Å². The van der Waals surface area contributed by atoms with Crippen molar-refractivity contribution in [2.24, 2.45) is 5.41 Å². The molecule has 0 spiro atoms. The molecule has 16 heavy (non-hydrogen) atoms. The fourth-order valence-corrected chi connectivity index (χ4v) is 1.25. The topological polar surface area (TPSA) is 78.4 Å². The van der Waals surface area contributed by atoms with Crippen molar-refractivity contribution in [3.8, 4) is 0 Å². The lowest BCUT2D eigenvalue weighted by atomic mass is 9.88. The first kappa shape index (κ1) is 14.9. The maximum atomic E-state index is 11.3. The lowest BCUT2D eigenvalue weighted by molar-refractivity contribution is -0.125. The van der Waals surface area contributed by atoms with Gasteiger partial charge in [0.15, 0.2) is 0 Å². The molecule has 0 saturated carbocycles. The van der Waals surface area contributed by atoms with Gasteiger partial charge in [0.05, 0.1) is 6.54 Å². The number of hydrogen-bond acceptors (Lipinski definition) is 3. The van der Waals surface area contributed by atoms with Crippen LogP contribution in [0.2, 0.25) is 0 Å². The van der Waals surface area contributed by atoms with Gasteiger partial charge in [0.2, 0.25) is 11.8 Å². The van der Waals surface area contributed by atoms with Gasteiger partial charge >= 0.3 is 0 Å². The highest BCUT2D eigenvalue weighted by Gasteiger charge is 2.18. The second-order valence-electron chi connectivity index (χ2n) is 4.68.